The van der Waals surface area contributed by atoms with Gasteiger partial charge in [-0.3, -0.25) is 9.69 Å². The number of likely N-dealkylation sites (tertiary alicyclic amines) is 1. The van der Waals surface area contributed by atoms with Crippen molar-refractivity contribution < 1.29 is 9.18 Å². The van der Waals surface area contributed by atoms with Gasteiger partial charge in [-0.1, -0.05) is 23.9 Å². The van der Waals surface area contributed by atoms with Crippen LogP contribution in [0.2, 0.25) is 0 Å². The van der Waals surface area contributed by atoms with Crippen LogP contribution < -0.4 is 5.32 Å². The monoisotopic (exact) mass is 424 g/mol. The van der Waals surface area contributed by atoms with E-state index in [1.165, 1.54) is 6.07 Å². The summed E-state index contributed by atoms with van der Waals surface area (Å²) >= 11 is 1.58. The zero-order chi connectivity index (χ0) is 20.9. The summed E-state index contributed by atoms with van der Waals surface area (Å²) in [5.41, 5.74) is 1.74. The number of anilines is 1. The largest absolute Gasteiger partial charge is 0.329 e. The maximum atomic E-state index is 13.4. The summed E-state index contributed by atoms with van der Waals surface area (Å²) in [5, 5.41) is 3.97. The molecule has 0 radical (unpaired) electrons. The number of imidazole rings is 1. The van der Waals surface area contributed by atoms with Gasteiger partial charge in [-0.2, -0.15) is 0 Å². The molecule has 4 rings (SSSR count). The SMILES string of the molecule is Cn1ccnc1Sc1ccc(NC(=O)C2CCCN(Cc3cccc(F)c3)C2)cc1. The van der Waals surface area contributed by atoms with E-state index in [4.69, 9.17) is 0 Å². The third kappa shape index (κ3) is 5.29. The van der Waals surface area contributed by atoms with Gasteiger partial charge in [0.05, 0.1) is 5.92 Å². The molecule has 1 aliphatic heterocycles. The third-order valence-electron chi connectivity index (χ3n) is 5.28. The number of hydrogen-bond donors (Lipinski definition) is 1. The minimum absolute atomic E-state index is 0.0449. The number of carbonyl (C=O) groups is 1. The van der Waals surface area contributed by atoms with Crippen molar-refractivity contribution in [1.82, 2.24) is 14.5 Å². The first kappa shape index (κ1) is 20.6. The molecule has 1 N–H and O–H groups in total. The predicted octanol–water partition coefficient (Wildman–Crippen LogP) is 4.56. The Morgan fingerprint density at radius 1 is 1.27 bits per heavy atom. The summed E-state index contributed by atoms with van der Waals surface area (Å²) in [5.74, 6) is -0.235. The molecule has 2 heterocycles. The molecule has 30 heavy (non-hydrogen) atoms. The number of benzene rings is 2. The van der Waals surface area contributed by atoms with Crippen LogP contribution in [-0.2, 0) is 18.4 Å². The number of aryl methyl sites for hydroxylation is 1. The Labute approximate surface area is 180 Å². The van der Waals surface area contributed by atoms with E-state index in [1.54, 1.807) is 30.1 Å². The Balaban J connectivity index is 1.32. The number of amides is 1. The van der Waals surface area contributed by atoms with Crippen LogP contribution in [0.25, 0.3) is 0 Å². The molecule has 0 saturated carbocycles. The smallest absolute Gasteiger partial charge is 0.228 e. The first-order valence-corrected chi connectivity index (χ1v) is 10.9. The fourth-order valence-corrected chi connectivity index (χ4v) is 4.51. The Hall–Kier alpha value is -2.64. The Bertz CT molecular complexity index is 1000. The van der Waals surface area contributed by atoms with Crippen molar-refractivity contribution >= 4 is 23.4 Å². The Kier molecular flexibility index (Phi) is 6.50. The van der Waals surface area contributed by atoms with Crippen LogP contribution in [0.5, 0.6) is 0 Å². The lowest BCUT2D eigenvalue weighted by atomic mass is 9.96. The fourth-order valence-electron chi connectivity index (χ4n) is 3.71. The number of nitrogens with zero attached hydrogens (tertiary/aromatic N) is 3. The Morgan fingerprint density at radius 3 is 2.83 bits per heavy atom. The van der Waals surface area contributed by atoms with Gasteiger partial charge in [0.2, 0.25) is 5.91 Å². The average Bonchev–Trinajstić information content (AvgIpc) is 3.14. The molecule has 7 heteroatoms. The van der Waals surface area contributed by atoms with Crippen molar-refractivity contribution in [3.8, 4) is 0 Å². The second-order valence-corrected chi connectivity index (χ2v) is 8.68. The molecule has 2 aromatic carbocycles. The molecule has 1 atom stereocenters. The number of carbonyl (C=O) groups excluding carboxylic acids is 1. The molecule has 0 aliphatic carbocycles. The highest BCUT2D eigenvalue weighted by molar-refractivity contribution is 7.99. The second kappa shape index (κ2) is 9.45. The van der Waals surface area contributed by atoms with Crippen molar-refractivity contribution in [1.29, 1.82) is 0 Å². The van der Waals surface area contributed by atoms with Crippen LogP contribution in [-0.4, -0.2) is 33.4 Å². The molecule has 1 unspecified atom stereocenters. The maximum Gasteiger partial charge on any atom is 0.228 e. The number of nitrogens with one attached hydrogen (secondary N) is 1. The van der Waals surface area contributed by atoms with Gasteiger partial charge < -0.3 is 9.88 Å². The van der Waals surface area contributed by atoms with E-state index in [-0.39, 0.29) is 17.6 Å². The fraction of sp³-hybridized carbons (Fsp3) is 0.304. The van der Waals surface area contributed by atoms with Crippen molar-refractivity contribution in [2.45, 2.75) is 29.4 Å². The van der Waals surface area contributed by atoms with E-state index in [9.17, 15) is 9.18 Å². The number of piperidine rings is 1. The summed E-state index contributed by atoms with van der Waals surface area (Å²) in [6.07, 6.45) is 5.53. The summed E-state index contributed by atoms with van der Waals surface area (Å²) in [6, 6.07) is 14.5. The molecule has 1 saturated heterocycles. The van der Waals surface area contributed by atoms with Crippen molar-refractivity contribution in [3.63, 3.8) is 0 Å². The summed E-state index contributed by atoms with van der Waals surface area (Å²) in [6.45, 7) is 2.29. The van der Waals surface area contributed by atoms with Gasteiger partial charge in [0.1, 0.15) is 5.82 Å². The number of rotatable bonds is 6. The van der Waals surface area contributed by atoms with E-state index in [0.29, 0.717) is 13.1 Å². The second-order valence-electron chi connectivity index (χ2n) is 7.64. The van der Waals surface area contributed by atoms with Crippen LogP contribution in [0.4, 0.5) is 10.1 Å². The van der Waals surface area contributed by atoms with Gasteiger partial charge >= 0.3 is 0 Å². The highest BCUT2D eigenvalue weighted by atomic mass is 32.2. The molecule has 0 spiro atoms. The molecule has 0 bridgehead atoms. The summed E-state index contributed by atoms with van der Waals surface area (Å²) < 4.78 is 15.4. The molecule has 1 fully saturated rings. The van der Waals surface area contributed by atoms with Gasteiger partial charge in [-0.05, 0) is 61.3 Å². The first-order chi connectivity index (χ1) is 14.6. The van der Waals surface area contributed by atoms with Gasteiger partial charge in [-0.25, -0.2) is 9.37 Å². The van der Waals surface area contributed by atoms with Crippen LogP contribution in [0.3, 0.4) is 0 Å². The molecule has 156 valence electrons. The lowest BCUT2D eigenvalue weighted by Crippen LogP contribution is -2.40. The van der Waals surface area contributed by atoms with Gasteiger partial charge in [0.15, 0.2) is 5.16 Å². The van der Waals surface area contributed by atoms with Crippen molar-refractivity contribution in [3.05, 3.63) is 72.3 Å². The lowest BCUT2D eigenvalue weighted by Gasteiger charge is -2.32. The summed E-state index contributed by atoms with van der Waals surface area (Å²) in [4.78, 5) is 20.4. The molecule has 5 nitrogen and oxygen atoms in total. The van der Waals surface area contributed by atoms with Crippen LogP contribution in [0, 0.1) is 11.7 Å². The third-order valence-corrected chi connectivity index (χ3v) is 6.36. The van der Waals surface area contributed by atoms with Gasteiger partial charge in [0.25, 0.3) is 0 Å². The topological polar surface area (TPSA) is 50.2 Å². The van der Waals surface area contributed by atoms with Crippen LogP contribution in [0.15, 0.2) is 71.0 Å². The molecular formula is C23H25FN4OS. The lowest BCUT2D eigenvalue weighted by molar-refractivity contribution is -0.121. The van der Waals surface area contributed by atoms with Crippen molar-refractivity contribution in [2.24, 2.45) is 13.0 Å². The maximum absolute atomic E-state index is 13.4. The molecule has 3 aromatic rings. The van der Waals surface area contributed by atoms with E-state index in [2.05, 4.69) is 15.2 Å². The zero-order valence-corrected chi connectivity index (χ0v) is 17.7. The number of aromatic nitrogens is 2. The number of hydrogen-bond acceptors (Lipinski definition) is 4. The highest BCUT2D eigenvalue weighted by Crippen LogP contribution is 2.27. The highest BCUT2D eigenvalue weighted by Gasteiger charge is 2.26. The standard InChI is InChI=1S/C23H25FN4OS/c1-27-13-11-25-23(27)30-21-9-7-20(8-10-21)26-22(29)18-5-3-12-28(16-18)15-17-4-2-6-19(24)14-17/h2,4,6-11,13-14,18H,3,5,12,15-16H2,1H3,(H,26,29). The van der Waals surface area contributed by atoms with Gasteiger partial charge in [0, 0.05) is 43.1 Å². The minimum Gasteiger partial charge on any atom is -0.329 e. The average molecular weight is 425 g/mol. The van der Waals surface area contributed by atoms with Crippen LogP contribution in [0.1, 0.15) is 18.4 Å². The molecular weight excluding hydrogens is 399 g/mol. The zero-order valence-electron chi connectivity index (χ0n) is 16.9. The molecule has 1 amide bonds. The van der Waals surface area contributed by atoms with Crippen molar-refractivity contribution in [2.75, 3.05) is 18.4 Å². The van der Waals surface area contributed by atoms with E-state index in [1.807, 2.05) is 48.1 Å². The minimum atomic E-state index is -0.219. The molecule has 1 aliphatic rings. The van der Waals surface area contributed by atoms with Crippen LogP contribution >= 0.6 is 11.8 Å². The first-order valence-electron chi connectivity index (χ1n) is 10.1. The predicted molar refractivity (Wildman–Crippen MR) is 117 cm³/mol. The quantitative estimate of drug-likeness (QED) is 0.630. The number of halogens is 1. The summed E-state index contributed by atoms with van der Waals surface area (Å²) in [7, 11) is 1.96. The molecule has 1 aromatic heterocycles. The van der Waals surface area contributed by atoms with E-state index >= 15 is 0 Å². The van der Waals surface area contributed by atoms with E-state index < -0.39 is 0 Å². The van der Waals surface area contributed by atoms with E-state index in [0.717, 1.165) is 40.7 Å². The normalized spacial score (nSPS) is 17.1. The van der Waals surface area contributed by atoms with Gasteiger partial charge in [-0.15, -0.1) is 0 Å². The Morgan fingerprint density at radius 2 is 2.10 bits per heavy atom.